The van der Waals surface area contributed by atoms with Crippen molar-refractivity contribution in [2.45, 2.75) is 32.4 Å². The third-order valence-electron chi connectivity index (χ3n) is 3.54. The van der Waals surface area contributed by atoms with Crippen molar-refractivity contribution in [1.29, 1.82) is 0 Å². The number of hydrogen-bond donors (Lipinski definition) is 0. The van der Waals surface area contributed by atoms with Crippen molar-refractivity contribution in [3.05, 3.63) is 35.4 Å². The molecular weight excluding hydrogens is 216 g/mol. The van der Waals surface area contributed by atoms with Crippen LogP contribution in [0.15, 0.2) is 24.3 Å². The van der Waals surface area contributed by atoms with Crippen LogP contribution in [-0.4, -0.2) is 11.5 Å². The first-order chi connectivity index (χ1) is 7.51. The minimum atomic E-state index is -0.111. The molecule has 1 fully saturated rings. The van der Waals surface area contributed by atoms with Crippen molar-refractivity contribution in [3.63, 3.8) is 0 Å². The van der Waals surface area contributed by atoms with Gasteiger partial charge in [-0.15, -0.1) is 0 Å². The van der Waals surface area contributed by atoms with Gasteiger partial charge in [0, 0.05) is 16.4 Å². The fourth-order valence-corrected chi connectivity index (χ4v) is 3.78. The molecule has 1 saturated heterocycles. The molecule has 1 aromatic carbocycles. The number of rotatable bonds is 2. The Kier molecular flexibility index (Phi) is 3.11. The lowest BCUT2D eigenvalue weighted by atomic mass is 9.83. The van der Waals surface area contributed by atoms with Gasteiger partial charge in [0.25, 0.3) is 0 Å². The molecule has 1 aliphatic rings. The fourth-order valence-electron chi connectivity index (χ4n) is 2.05. The van der Waals surface area contributed by atoms with Gasteiger partial charge in [0.15, 0.2) is 0 Å². The number of carbonyl (C=O) groups is 1. The van der Waals surface area contributed by atoms with Crippen molar-refractivity contribution in [2.75, 3.05) is 5.75 Å². The van der Waals surface area contributed by atoms with Gasteiger partial charge in [-0.25, -0.2) is 0 Å². The van der Waals surface area contributed by atoms with E-state index in [9.17, 15) is 4.79 Å². The van der Waals surface area contributed by atoms with E-state index in [0.717, 1.165) is 12.2 Å². The van der Waals surface area contributed by atoms with E-state index < -0.39 is 0 Å². The Hall–Kier alpha value is -0.760. The highest BCUT2D eigenvalue weighted by atomic mass is 32.2. The van der Waals surface area contributed by atoms with Gasteiger partial charge >= 0.3 is 0 Å². The van der Waals surface area contributed by atoms with Crippen LogP contribution in [0.4, 0.5) is 0 Å². The van der Waals surface area contributed by atoms with E-state index in [1.54, 1.807) is 6.92 Å². The molecule has 1 nitrogen and oxygen atoms in total. The van der Waals surface area contributed by atoms with E-state index in [1.165, 1.54) is 11.1 Å². The van der Waals surface area contributed by atoms with Crippen molar-refractivity contribution < 1.29 is 4.79 Å². The summed E-state index contributed by atoms with van der Waals surface area (Å²) in [6.07, 6.45) is 0.982. The van der Waals surface area contributed by atoms with E-state index in [4.69, 9.17) is 0 Å². The summed E-state index contributed by atoms with van der Waals surface area (Å²) in [4.78, 5) is 11.6. The second kappa shape index (κ2) is 4.25. The topological polar surface area (TPSA) is 17.1 Å². The third kappa shape index (κ3) is 2.17. The van der Waals surface area contributed by atoms with Crippen LogP contribution in [0.5, 0.6) is 0 Å². The van der Waals surface area contributed by atoms with Gasteiger partial charge in [0.05, 0.1) is 0 Å². The predicted octanol–water partition coefficient (Wildman–Crippen LogP) is 3.77. The van der Waals surface area contributed by atoms with Gasteiger partial charge in [-0.3, -0.25) is 4.79 Å². The van der Waals surface area contributed by atoms with Crippen molar-refractivity contribution in [3.8, 4) is 0 Å². The van der Waals surface area contributed by atoms with E-state index in [1.807, 2.05) is 11.8 Å². The molecule has 0 aliphatic carbocycles. The third-order valence-corrected chi connectivity index (χ3v) is 5.18. The van der Waals surface area contributed by atoms with Crippen LogP contribution in [0.25, 0.3) is 0 Å². The Balaban J connectivity index is 2.15. The average Bonchev–Trinajstić information content (AvgIpc) is 2.63. The molecule has 0 bridgehead atoms. The summed E-state index contributed by atoms with van der Waals surface area (Å²) in [5, 5.41) is 0.495. The molecule has 2 heteroatoms. The van der Waals surface area contributed by atoms with Gasteiger partial charge in [0.2, 0.25) is 0 Å². The highest BCUT2D eigenvalue weighted by Gasteiger charge is 2.39. The van der Waals surface area contributed by atoms with Gasteiger partial charge in [-0.2, -0.15) is 11.8 Å². The summed E-state index contributed by atoms with van der Waals surface area (Å²) in [6, 6.07) is 8.69. The molecule has 0 radical (unpaired) electrons. The lowest BCUT2D eigenvalue weighted by Crippen LogP contribution is -2.24. The minimum absolute atomic E-state index is 0.111. The van der Waals surface area contributed by atoms with Crippen LogP contribution < -0.4 is 0 Å². The van der Waals surface area contributed by atoms with E-state index in [0.29, 0.717) is 11.0 Å². The Morgan fingerprint density at radius 3 is 2.50 bits per heavy atom. The Bertz CT molecular complexity index is 396. The summed E-state index contributed by atoms with van der Waals surface area (Å²) in [5.41, 5.74) is 2.54. The van der Waals surface area contributed by atoms with Crippen LogP contribution in [0.1, 0.15) is 36.6 Å². The monoisotopic (exact) mass is 234 g/mol. The van der Waals surface area contributed by atoms with Gasteiger partial charge in [-0.05, 0) is 25.8 Å². The molecule has 2 rings (SSSR count). The van der Waals surface area contributed by atoms with Crippen LogP contribution in [0, 0.1) is 12.3 Å². The zero-order valence-electron chi connectivity index (χ0n) is 10.1. The summed E-state index contributed by atoms with van der Waals surface area (Å²) in [6.45, 7) is 5.92. The standard InChI is InChI=1S/C14H18OS/c1-10-4-6-12(7-5-10)13-8-14(3,9-16-13)11(2)15/h4-7,13H,8-9H2,1-3H3/t13-,14-/m0/s1. The van der Waals surface area contributed by atoms with Gasteiger partial charge < -0.3 is 0 Å². The number of hydrogen-bond acceptors (Lipinski definition) is 2. The van der Waals surface area contributed by atoms with Crippen LogP contribution in [0.3, 0.4) is 0 Å². The molecule has 0 spiro atoms. The van der Waals surface area contributed by atoms with E-state index >= 15 is 0 Å². The normalized spacial score (nSPS) is 29.3. The molecule has 1 aromatic rings. The molecule has 2 atom stereocenters. The molecule has 0 amide bonds. The zero-order chi connectivity index (χ0) is 11.8. The number of ketones is 1. The Labute approximate surface area is 102 Å². The number of benzene rings is 1. The van der Waals surface area contributed by atoms with Crippen LogP contribution in [-0.2, 0) is 4.79 Å². The fraction of sp³-hybridized carbons (Fsp3) is 0.500. The maximum absolute atomic E-state index is 11.6. The lowest BCUT2D eigenvalue weighted by molar-refractivity contribution is -0.124. The summed E-state index contributed by atoms with van der Waals surface area (Å²) in [7, 11) is 0. The summed E-state index contributed by atoms with van der Waals surface area (Å²) < 4.78 is 0. The van der Waals surface area contributed by atoms with Crippen molar-refractivity contribution in [1.82, 2.24) is 0 Å². The molecule has 0 unspecified atom stereocenters. The van der Waals surface area contributed by atoms with E-state index in [2.05, 4.69) is 38.1 Å². The minimum Gasteiger partial charge on any atom is -0.299 e. The smallest absolute Gasteiger partial charge is 0.136 e. The average molecular weight is 234 g/mol. The molecule has 0 aromatic heterocycles. The van der Waals surface area contributed by atoms with Crippen LogP contribution >= 0.6 is 11.8 Å². The number of aryl methyl sites for hydroxylation is 1. The highest BCUT2D eigenvalue weighted by Crippen LogP contribution is 2.49. The van der Waals surface area contributed by atoms with E-state index in [-0.39, 0.29) is 5.41 Å². The van der Waals surface area contributed by atoms with Crippen molar-refractivity contribution in [2.24, 2.45) is 5.41 Å². The first-order valence-electron chi connectivity index (χ1n) is 5.70. The summed E-state index contributed by atoms with van der Waals surface area (Å²) >= 11 is 1.92. The Morgan fingerprint density at radius 1 is 1.38 bits per heavy atom. The summed E-state index contributed by atoms with van der Waals surface area (Å²) in [5.74, 6) is 1.29. The quantitative estimate of drug-likeness (QED) is 0.775. The Morgan fingerprint density at radius 2 is 2.00 bits per heavy atom. The SMILES string of the molecule is CC(=O)[C@]1(C)CS[C@H](c2ccc(C)cc2)C1. The number of carbonyl (C=O) groups excluding carboxylic acids is 1. The predicted molar refractivity (Wildman–Crippen MR) is 69.8 cm³/mol. The molecule has 16 heavy (non-hydrogen) atoms. The first-order valence-corrected chi connectivity index (χ1v) is 6.75. The zero-order valence-corrected chi connectivity index (χ0v) is 10.9. The molecule has 86 valence electrons. The molecule has 0 N–H and O–H groups in total. The highest BCUT2D eigenvalue weighted by molar-refractivity contribution is 7.99. The lowest BCUT2D eigenvalue weighted by Gasteiger charge is -2.19. The van der Waals surface area contributed by atoms with Gasteiger partial charge in [0.1, 0.15) is 5.78 Å². The second-order valence-electron chi connectivity index (χ2n) is 5.03. The first kappa shape index (κ1) is 11.7. The van der Waals surface area contributed by atoms with Crippen LogP contribution in [0.2, 0.25) is 0 Å². The molecule has 1 heterocycles. The van der Waals surface area contributed by atoms with Gasteiger partial charge in [-0.1, -0.05) is 36.8 Å². The molecular formula is C14H18OS. The maximum atomic E-state index is 11.6. The second-order valence-corrected chi connectivity index (χ2v) is 6.22. The number of thioether (sulfide) groups is 1. The molecule has 0 saturated carbocycles. The maximum Gasteiger partial charge on any atom is 0.136 e. The largest absolute Gasteiger partial charge is 0.299 e. The molecule has 1 aliphatic heterocycles. The van der Waals surface area contributed by atoms with Crippen molar-refractivity contribution >= 4 is 17.5 Å². The number of Topliss-reactive ketones (excluding diaryl/α,β-unsaturated/α-hetero) is 1.